The predicted molar refractivity (Wildman–Crippen MR) is 188 cm³/mol. The van der Waals surface area contributed by atoms with Gasteiger partial charge in [0.15, 0.2) is 0 Å². The lowest BCUT2D eigenvalue weighted by Gasteiger charge is -2.32. The highest BCUT2D eigenvalue weighted by molar-refractivity contribution is 9.10. The van der Waals surface area contributed by atoms with E-state index in [4.69, 9.17) is 29.2 Å². The summed E-state index contributed by atoms with van der Waals surface area (Å²) in [6, 6.07) is 0. The molecule has 0 aliphatic carbocycles. The molecule has 0 aromatic carbocycles. The molecule has 53 heavy (non-hydrogen) atoms. The number of imide groups is 2. The van der Waals surface area contributed by atoms with Crippen LogP contribution in [0.15, 0.2) is 24.3 Å². The van der Waals surface area contributed by atoms with Crippen LogP contribution in [-0.4, -0.2) is 154 Å². The zero-order chi connectivity index (χ0) is 39.0. The lowest BCUT2D eigenvalue weighted by molar-refractivity contribution is -0.168. The van der Waals surface area contributed by atoms with E-state index in [0.717, 1.165) is 9.80 Å². The molecule has 296 valence electrons. The lowest BCUT2D eigenvalue weighted by Crippen LogP contribution is -2.48. The molecular formula is C34H46Br2N2O15. The number of nitrogens with zero attached hydrogens (tertiary/aromatic N) is 2. The normalized spacial score (nSPS) is 35.9. The first-order valence-electron chi connectivity index (χ1n) is 16.8. The van der Waals surface area contributed by atoms with Crippen LogP contribution in [0.2, 0.25) is 0 Å². The summed E-state index contributed by atoms with van der Waals surface area (Å²) >= 11 is 6.43. The number of ether oxygens (including phenoxy) is 4. The molecule has 4 saturated heterocycles. The van der Waals surface area contributed by atoms with E-state index < -0.39 is 102 Å². The smallest absolute Gasteiger partial charge is 0.322 e. The number of hydrogen-bond donors (Lipinski definition) is 4. The fraction of sp³-hybridized carbons (Fsp3) is 0.706. The zero-order valence-corrected chi connectivity index (χ0v) is 33.2. The number of halogens is 2. The van der Waals surface area contributed by atoms with Crippen molar-refractivity contribution in [1.29, 1.82) is 0 Å². The molecule has 6 aliphatic heterocycles. The van der Waals surface area contributed by atoms with E-state index >= 15 is 0 Å². The summed E-state index contributed by atoms with van der Waals surface area (Å²) in [7, 11) is 0. The van der Waals surface area contributed by atoms with Crippen molar-refractivity contribution in [2.75, 3.05) is 39.5 Å². The van der Waals surface area contributed by atoms with E-state index in [-0.39, 0.29) is 45.0 Å². The van der Waals surface area contributed by atoms with Crippen LogP contribution >= 0.6 is 31.9 Å². The summed E-state index contributed by atoms with van der Waals surface area (Å²) < 4.78 is 20.9. The van der Waals surface area contributed by atoms with Gasteiger partial charge in [0.05, 0.1) is 62.2 Å². The fourth-order valence-corrected chi connectivity index (χ4v) is 8.23. The predicted octanol–water partition coefficient (Wildman–Crippen LogP) is -1.31. The first-order valence-corrected chi connectivity index (χ1v) is 18.4. The molecule has 6 aliphatic rings. The van der Waals surface area contributed by atoms with Gasteiger partial charge in [0.25, 0.3) is 0 Å². The topological polar surface area (TPSA) is 258 Å². The van der Waals surface area contributed by atoms with Crippen LogP contribution in [0.3, 0.4) is 0 Å². The van der Waals surface area contributed by atoms with Gasteiger partial charge in [-0.05, 0) is 53.7 Å². The SMILES string of the molecule is C[C@H](O)[C@@]12C=C[C@@](COC(=O)C(C)(C)Br)(O1)[C@@H]1C(=O)N(CCO)C(=O)[C@@H]12.C[C@H](O)[C@@]12C=C[C@@](COC(=O)C(C)(C)Br)(O1)[C@@H]1C(=O)N(CCO)C(=O)[C@@H]12.O. The Hall–Kier alpha value is -2.62. The van der Waals surface area contributed by atoms with Crippen molar-refractivity contribution in [3.8, 4) is 0 Å². The Morgan fingerprint density at radius 1 is 0.698 bits per heavy atom. The first-order chi connectivity index (χ1) is 24.0. The molecule has 4 fully saturated rings. The Morgan fingerprint density at radius 3 is 1.26 bits per heavy atom. The van der Waals surface area contributed by atoms with E-state index in [1.165, 1.54) is 13.8 Å². The van der Waals surface area contributed by atoms with E-state index in [0.29, 0.717) is 0 Å². The Bertz CT molecular complexity index is 1490. The number of aliphatic hydroxyl groups is 4. The molecule has 0 saturated carbocycles. The summed E-state index contributed by atoms with van der Waals surface area (Å²) in [5.74, 6) is -6.69. The van der Waals surface area contributed by atoms with Gasteiger partial charge >= 0.3 is 11.9 Å². The quantitative estimate of drug-likeness (QED) is 0.0769. The van der Waals surface area contributed by atoms with Crippen molar-refractivity contribution in [1.82, 2.24) is 9.80 Å². The summed E-state index contributed by atoms with van der Waals surface area (Å²) in [5.41, 5.74) is -5.32. The van der Waals surface area contributed by atoms with Crippen LogP contribution in [-0.2, 0) is 47.7 Å². The number of rotatable bonds is 12. The second-order valence-corrected chi connectivity index (χ2v) is 18.9. The lowest BCUT2D eigenvalue weighted by atomic mass is 9.70. The maximum absolute atomic E-state index is 12.8. The number of carbonyl (C=O) groups is 6. The van der Waals surface area contributed by atoms with Crippen LogP contribution in [0, 0.1) is 23.7 Å². The van der Waals surface area contributed by atoms with E-state index in [2.05, 4.69) is 31.9 Å². The molecule has 0 aromatic heterocycles. The van der Waals surface area contributed by atoms with Crippen molar-refractivity contribution in [2.45, 2.75) is 84.8 Å². The van der Waals surface area contributed by atoms with Gasteiger partial charge in [0.1, 0.15) is 44.3 Å². The third-order valence-corrected chi connectivity index (χ3v) is 11.2. The van der Waals surface area contributed by atoms with Crippen molar-refractivity contribution in [2.24, 2.45) is 23.7 Å². The van der Waals surface area contributed by atoms with Crippen LogP contribution < -0.4 is 0 Å². The van der Waals surface area contributed by atoms with Crippen LogP contribution in [0.25, 0.3) is 0 Å². The van der Waals surface area contributed by atoms with Crippen molar-refractivity contribution in [3.63, 3.8) is 0 Å². The summed E-state index contributed by atoms with van der Waals surface area (Å²) in [6.45, 7) is 8.04. The highest BCUT2D eigenvalue weighted by atomic mass is 79.9. The molecule has 0 radical (unpaired) electrons. The van der Waals surface area contributed by atoms with E-state index in [1.54, 1.807) is 52.0 Å². The number of β-amino-alcohol motifs (C(OH)–C–C–N with tert-alkyl or cyclic N) is 2. The number of carbonyl (C=O) groups excluding carboxylic acids is 6. The van der Waals surface area contributed by atoms with Crippen molar-refractivity contribution < 1.29 is 73.6 Å². The third-order valence-electron chi connectivity index (χ3n) is 10.6. The molecule has 4 bridgehead atoms. The number of alkyl halides is 2. The van der Waals surface area contributed by atoms with Gasteiger partial charge in [-0.25, -0.2) is 0 Å². The molecule has 6 rings (SSSR count). The molecule has 6 N–H and O–H groups in total. The maximum atomic E-state index is 12.8. The largest absolute Gasteiger partial charge is 0.461 e. The van der Waals surface area contributed by atoms with E-state index in [1.807, 2.05) is 0 Å². The zero-order valence-electron chi connectivity index (χ0n) is 30.0. The second kappa shape index (κ2) is 14.5. The number of amides is 4. The molecule has 10 atom stereocenters. The number of fused-ring (bicyclic) bond motifs is 10. The van der Waals surface area contributed by atoms with Crippen molar-refractivity contribution >= 4 is 67.4 Å². The molecule has 19 heteroatoms. The summed E-state index contributed by atoms with van der Waals surface area (Å²) in [6.07, 6.45) is 4.26. The van der Waals surface area contributed by atoms with Crippen molar-refractivity contribution in [3.05, 3.63) is 24.3 Å². The molecular weight excluding hydrogens is 836 g/mol. The highest BCUT2D eigenvalue weighted by Crippen LogP contribution is 2.60. The average Bonchev–Trinajstić information content (AvgIpc) is 3.87. The van der Waals surface area contributed by atoms with Gasteiger partial charge in [-0.2, -0.15) is 0 Å². The first kappa shape index (κ1) is 43.1. The van der Waals surface area contributed by atoms with Gasteiger partial charge in [-0.3, -0.25) is 38.6 Å². The Labute approximate surface area is 322 Å². The third kappa shape index (κ3) is 6.62. The van der Waals surface area contributed by atoms with Gasteiger partial charge in [0, 0.05) is 0 Å². The van der Waals surface area contributed by atoms with Gasteiger partial charge in [-0.1, -0.05) is 44.0 Å². The van der Waals surface area contributed by atoms with E-state index in [9.17, 15) is 39.0 Å². The molecule has 17 nitrogen and oxygen atoms in total. The summed E-state index contributed by atoms with van der Waals surface area (Å²) in [5, 5.41) is 38.9. The Morgan fingerprint density at radius 2 is 1.00 bits per heavy atom. The second-order valence-electron chi connectivity index (χ2n) is 15.0. The van der Waals surface area contributed by atoms with Gasteiger partial charge in [0.2, 0.25) is 23.6 Å². The van der Waals surface area contributed by atoms with Crippen LogP contribution in [0.4, 0.5) is 0 Å². The Kier molecular flexibility index (Phi) is 11.8. The minimum absolute atomic E-state index is 0. The molecule has 0 unspecified atom stereocenters. The van der Waals surface area contributed by atoms with Gasteiger partial charge < -0.3 is 44.8 Å². The molecule has 0 aromatic rings. The molecule has 6 heterocycles. The number of aliphatic hydroxyl groups excluding tert-OH is 4. The average molecular weight is 883 g/mol. The molecule has 4 amide bonds. The van der Waals surface area contributed by atoms with Crippen LogP contribution in [0.1, 0.15) is 41.5 Å². The van der Waals surface area contributed by atoms with Crippen LogP contribution in [0.5, 0.6) is 0 Å². The number of hydrogen-bond acceptors (Lipinski definition) is 14. The summed E-state index contributed by atoms with van der Waals surface area (Å²) in [4.78, 5) is 77.5. The number of likely N-dealkylation sites (tertiary alicyclic amines) is 2. The number of esters is 2. The van der Waals surface area contributed by atoms with Gasteiger partial charge in [-0.15, -0.1) is 0 Å². The highest BCUT2D eigenvalue weighted by Gasteiger charge is 2.76. The molecule has 0 spiro atoms. The standard InChI is InChI=1S/2C17H22BrNO7.H2O/c2*1-9(21)17-5-4-16(26-17,8-25-14(24)15(2,3)18)10-11(17)13(23)19(6-7-20)12(10)22;/h2*4-5,9-11,20-21H,6-8H2,1-3H3;1H2/t2*9-,10-,11+,16-,17+;/m00./s1. The minimum Gasteiger partial charge on any atom is -0.461 e. The maximum Gasteiger partial charge on any atom is 0.322 e. The Balaban J connectivity index is 0.000000232. The fourth-order valence-electron chi connectivity index (χ4n) is 8.00. The minimum atomic E-state index is -1.35. The monoisotopic (exact) mass is 880 g/mol.